The molecule has 0 heterocycles. The van der Waals surface area contributed by atoms with Gasteiger partial charge < -0.3 is 11.5 Å². The van der Waals surface area contributed by atoms with E-state index in [0.717, 1.165) is 12.3 Å². The number of hydrogen-bond donors (Lipinski definition) is 2. The van der Waals surface area contributed by atoms with Crippen LogP contribution in [0.4, 0.5) is 0 Å². The first kappa shape index (κ1) is 10.9. The van der Waals surface area contributed by atoms with Crippen LogP contribution in [0.2, 0.25) is 0 Å². The molecule has 4 heteroatoms. The Morgan fingerprint density at radius 3 is 1.75 bits per heavy atom. The fourth-order valence-corrected chi connectivity index (χ4v) is 0. The first-order chi connectivity index (χ1) is 3.65. The molecule has 0 unspecified atom stereocenters. The summed E-state index contributed by atoms with van der Waals surface area (Å²) in [6, 6.07) is 0. The highest BCUT2D eigenvalue weighted by atomic mass is 35.5. The average molecular weight is 155 g/mol. The largest absolute Gasteiger partial charge is 0.377 e. The SMILES string of the molecule is CCCCl.NC(N)=S. The molecular formula is C4H11ClN2S. The highest BCUT2D eigenvalue weighted by Crippen LogP contribution is 1.75. The molecule has 0 spiro atoms. The Morgan fingerprint density at radius 2 is 1.75 bits per heavy atom. The standard InChI is InChI=1S/C3H7Cl.CH4N2S/c1-2-3-4;2-1(3)4/h2-3H2,1H3;(H4,2,3,4). The summed E-state index contributed by atoms with van der Waals surface area (Å²) >= 11 is 9.28. The summed E-state index contributed by atoms with van der Waals surface area (Å²) in [6.07, 6.45) is 1.08. The van der Waals surface area contributed by atoms with E-state index in [0.29, 0.717) is 0 Å². The zero-order chi connectivity index (χ0) is 6.99. The van der Waals surface area contributed by atoms with Gasteiger partial charge in [-0.2, -0.15) is 0 Å². The van der Waals surface area contributed by atoms with Crippen molar-refractivity contribution in [3.8, 4) is 0 Å². The van der Waals surface area contributed by atoms with Crippen molar-refractivity contribution < 1.29 is 0 Å². The molecule has 0 saturated heterocycles. The fraction of sp³-hybridized carbons (Fsp3) is 0.750. The van der Waals surface area contributed by atoms with E-state index in [2.05, 4.69) is 23.7 Å². The van der Waals surface area contributed by atoms with Crippen LogP contribution in [-0.4, -0.2) is 11.0 Å². The van der Waals surface area contributed by atoms with Crippen LogP contribution in [0.25, 0.3) is 0 Å². The molecule has 4 N–H and O–H groups in total. The van der Waals surface area contributed by atoms with Crippen molar-refractivity contribution >= 4 is 28.9 Å². The summed E-state index contributed by atoms with van der Waals surface area (Å²) in [4.78, 5) is 0. The van der Waals surface area contributed by atoms with E-state index in [9.17, 15) is 0 Å². The Kier molecular flexibility index (Phi) is 13.7. The second-order valence-electron chi connectivity index (χ2n) is 1.09. The molecule has 0 amide bonds. The van der Waals surface area contributed by atoms with E-state index in [1.54, 1.807) is 0 Å². The number of alkyl halides is 1. The highest BCUT2D eigenvalue weighted by molar-refractivity contribution is 7.80. The van der Waals surface area contributed by atoms with E-state index in [4.69, 9.17) is 11.6 Å². The van der Waals surface area contributed by atoms with Crippen LogP contribution in [0, 0.1) is 0 Å². The Labute approximate surface area is 60.2 Å². The van der Waals surface area contributed by atoms with Gasteiger partial charge in [0.25, 0.3) is 0 Å². The smallest absolute Gasteiger partial charge is 0.160 e. The van der Waals surface area contributed by atoms with Crippen molar-refractivity contribution in [2.24, 2.45) is 11.5 Å². The molecule has 2 nitrogen and oxygen atoms in total. The Hall–Kier alpha value is -0.0200. The van der Waals surface area contributed by atoms with Crippen LogP contribution in [0.15, 0.2) is 0 Å². The molecule has 0 radical (unpaired) electrons. The normalized spacial score (nSPS) is 6.75. The summed E-state index contributed by atoms with van der Waals surface area (Å²) in [7, 11) is 0. The number of rotatable bonds is 1. The molecule has 0 aliphatic heterocycles. The minimum absolute atomic E-state index is 0.000000000000000222. The van der Waals surface area contributed by atoms with E-state index in [1.165, 1.54) is 0 Å². The maximum absolute atomic E-state index is 5.19. The topological polar surface area (TPSA) is 52.0 Å². The lowest BCUT2D eigenvalue weighted by Crippen LogP contribution is -2.18. The van der Waals surface area contributed by atoms with E-state index >= 15 is 0 Å². The molecule has 8 heavy (non-hydrogen) atoms. The minimum atomic E-state index is 0.000000000000000222. The molecule has 0 fully saturated rings. The highest BCUT2D eigenvalue weighted by Gasteiger charge is 1.59. The molecule has 0 rings (SSSR count). The van der Waals surface area contributed by atoms with Crippen molar-refractivity contribution in [1.82, 2.24) is 0 Å². The van der Waals surface area contributed by atoms with Crippen molar-refractivity contribution in [1.29, 1.82) is 0 Å². The maximum Gasteiger partial charge on any atom is 0.160 e. The second-order valence-corrected chi connectivity index (χ2v) is 1.94. The van der Waals surface area contributed by atoms with Crippen molar-refractivity contribution in [2.45, 2.75) is 13.3 Å². The number of hydrogen-bond acceptors (Lipinski definition) is 1. The predicted octanol–water partition coefficient (Wildman–Crippen LogP) is 0.824. The third-order valence-corrected chi connectivity index (χ3v) is 0.567. The van der Waals surface area contributed by atoms with Crippen molar-refractivity contribution in [3.63, 3.8) is 0 Å². The van der Waals surface area contributed by atoms with Gasteiger partial charge in [0.1, 0.15) is 0 Å². The van der Waals surface area contributed by atoms with Crippen LogP contribution in [-0.2, 0) is 0 Å². The molecule has 0 aromatic heterocycles. The van der Waals surface area contributed by atoms with Crippen LogP contribution in [0.3, 0.4) is 0 Å². The van der Waals surface area contributed by atoms with E-state index in [1.807, 2.05) is 6.92 Å². The number of nitrogens with two attached hydrogens (primary N) is 2. The minimum Gasteiger partial charge on any atom is -0.377 e. The number of halogens is 1. The molecular weight excluding hydrogens is 144 g/mol. The summed E-state index contributed by atoms with van der Waals surface area (Å²) < 4.78 is 0. The molecule has 0 atom stereocenters. The van der Waals surface area contributed by atoms with E-state index in [-0.39, 0.29) is 5.11 Å². The van der Waals surface area contributed by atoms with Gasteiger partial charge in [0, 0.05) is 5.88 Å². The molecule has 0 aromatic rings. The Morgan fingerprint density at radius 1 is 1.62 bits per heavy atom. The van der Waals surface area contributed by atoms with Gasteiger partial charge >= 0.3 is 0 Å². The average Bonchev–Trinajstić information content (AvgIpc) is 1.65. The van der Waals surface area contributed by atoms with Gasteiger partial charge in [-0.15, -0.1) is 11.6 Å². The summed E-state index contributed by atoms with van der Waals surface area (Å²) in [5, 5.41) is 0.000000000000000222. The van der Waals surface area contributed by atoms with Gasteiger partial charge in [0.2, 0.25) is 0 Å². The lowest BCUT2D eigenvalue weighted by atomic mass is 10.6. The van der Waals surface area contributed by atoms with Gasteiger partial charge in [-0.3, -0.25) is 0 Å². The van der Waals surface area contributed by atoms with Crippen molar-refractivity contribution in [3.05, 3.63) is 0 Å². The Balaban J connectivity index is 0. The van der Waals surface area contributed by atoms with Gasteiger partial charge in [-0.25, -0.2) is 0 Å². The quantitative estimate of drug-likeness (QED) is 0.435. The van der Waals surface area contributed by atoms with Crippen LogP contribution in [0.1, 0.15) is 13.3 Å². The maximum atomic E-state index is 5.19. The fourth-order valence-electron chi connectivity index (χ4n) is 0. The molecule has 0 saturated carbocycles. The first-order valence-electron chi connectivity index (χ1n) is 2.26. The van der Waals surface area contributed by atoms with Gasteiger partial charge in [-0.05, 0) is 18.6 Å². The first-order valence-corrected chi connectivity index (χ1v) is 3.20. The zero-order valence-corrected chi connectivity index (χ0v) is 6.43. The van der Waals surface area contributed by atoms with Crippen LogP contribution in [0.5, 0.6) is 0 Å². The third kappa shape index (κ3) is 154. The van der Waals surface area contributed by atoms with Crippen LogP contribution < -0.4 is 11.5 Å². The van der Waals surface area contributed by atoms with Gasteiger partial charge in [0.15, 0.2) is 5.11 Å². The van der Waals surface area contributed by atoms with Crippen molar-refractivity contribution in [2.75, 3.05) is 5.88 Å². The van der Waals surface area contributed by atoms with Gasteiger partial charge in [-0.1, -0.05) is 6.92 Å². The third-order valence-electron chi connectivity index (χ3n) is 0.189. The second kappa shape index (κ2) is 10.1. The molecule has 0 aliphatic carbocycles. The summed E-state index contributed by atoms with van der Waals surface area (Å²) in [5.41, 5.74) is 9.24. The predicted molar refractivity (Wildman–Crippen MR) is 42.0 cm³/mol. The number of thiocarbonyl (C=S) groups is 1. The summed E-state index contributed by atoms with van der Waals surface area (Å²) in [5.74, 6) is 0.792. The zero-order valence-electron chi connectivity index (χ0n) is 4.86. The van der Waals surface area contributed by atoms with Gasteiger partial charge in [0.05, 0.1) is 0 Å². The molecule has 0 aliphatic rings. The molecule has 50 valence electrons. The lowest BCUT2D eigenvalue weighted by Gasteiger charge is -1.68. The molecule has 0 bridgehead atoms. The summed E-state index contributed by atoms with van der Waals surface area (Å²) in [6.45, 7) is 2.05. The molecule has 0 aromatic carbocycles. The Bertz CT molecular complexity index is 52.0. The lowest BCUT2D eigenvalue weighted by molar-refractivity contribution is 1.10. The monoisotopic (exact) mass is 154 g/mol. The van der Waals surface area contributed by atoms with Crippen LogP contribution >= 0.6 is 23.8 Å². The van der Waals surface area contributed by atoms with E-state index < -0.39 is 0 Å².